The van der Waals surface area contributed by atoms with Gasteiger partial charge < -0.3 is 59.3 Å². The van der Waals surface area contributed by atoms with E-state index in [0.29, 0.717) is 0 Å². The van der Waals surface area contributed by atoms with E-state index in [-0.39, 0.29) is 71.3 Å². The molecule has 0 N–H and O–H groups in total. The predicted octanol–water partition coefficient (Wildman–Crippen LogP) is -3.07. The van der Waals surface area contributed by atoms with Gasteiger partial charge in [-0.05, 0) is 0 Å². The molecule has 1 aliphatic carbocycles. The zero-order chi connectivity index (χ0) is 5.54. The van der Waals surface area contributed by atoms with Crippen molar-refractivity contribution in [2.24, 2.45) is 0 Å². The molecule has 1 radical (unpaired) electrons. The van der Waals surface area contributed by atoms with Gasteiger partial charge in [-0.25, -0.2) is 12.2 Å². The molecule has 0 aromatic carbocycles. The Hall–Kier alpha value is 0.236. The number of hydrogen-bond acceptors (Lipinski definition) is 1. The van der Waals surface area contributed by atoms with E-state index in [0.717, 1.165) is 6.42 Å². The molecular weight excluding hydrogens is 266 g/mol. The monoisotopic (exact) mass is 284 g/mol. The van der Waals surface area contributed by atoms with Crippen LogP contribution in [0.2, 0.25) is 0 Å². The van der Waals surface area contributed by atoms with Crippen LogP contribution in [0, 0.1) is 35.8 Å². The van der Waals surface area contributed by atoms with Gasteiger partial charge in [0.2, 0.25) is 0 Å². The van der Waals surface area contributed by atoms with Gasteiger partial charge in [-0.1, -0.05) is 0 Å². The third kappa shape index (κ3) is 56.3. The summed E-state index contributed by atoms with van der Waals surface area (Å²) in [7, 11) is 0. The van der Waals surface area contributed by atoms with Crippen LogP contribution < -0.4 is 24.8 Å². The molecule has 0 spiro atoms. The van der Waals surface area contributed by atoms with E-state index >= 15 is 0 Å². The Labute approximate surface area is 113 Å². The molecule has 0 amide bonds. The quantitative estimate of drug-likeness (QED) is 0.432. The molecule has 0 heterocycles. The molecule has 14 heavy (non-hydrogen) atoms. The van der Waals surface area contributed by atoms with Gasteiger partial charge in [0.1, 0.15) is 6.79 Å². The Morgan fingerprint density at radius 3 is 1.43 bits per heavy atom. The van der Waals surface area contributed by atoms with Gasteiger partial charge >= 0.3 is 16.8 Å². The van der Waals surface area contributed by atoms with E-state index in [9.17, 15) is 0 Å². The number of rotatable bonds is 0. The van der Waals surface area contributed by atoms with Crippen LogP contribution in [0.5, 0.6) is 0 Å². The molecule has 0 aliphatic heterocycles. The summed E-state index contributed by atoms with van der Waals surface area (Å²) in [6.07, 6.45) is 10.0. The summed E-state index contributed by atoms with van der Waals surface area (Å²) >= 11 is 0. The fourth-order valence-electron chi connectivity index (χ4n) is 0.340. The molecule has 93 valence electrons. The van der Waals surface area contributed by atoms with Crippen LogP contribution in [0.4, 0.5) is 0 Å². The fourth-order valence-corrected chi connectivity index (χ4v) is 0.340. The molecule has 0 bridgehead atoms. The van der Waals surface area contributed by atoms with Gasteiger partial charge in [-0.2, -0.15) is 6.08 Å². The summed E-state index contributed by atoms with van der Waals surface area (Å²) in [5, 5.41) is 0. The fraction of sp³-hybridized carbons (Fsp3) is 0.100. The topological polar surface area (TPSA) is 17.1 Å². The molecule has 4 heteroatoms. The average Bonchev–Trinajstić information content (AvgIpc) is 2.23. The minimum Gasteiger partial charge on any atom is -1.00 e. The van der Waals surface area contributed by atoms with Gasteiger partial charge in [0.25, 0.3) is 0 Å². The van der Waals surface area contributed by atoms with Gasteiger partial charge in [0.05, 0.1) is 0 Å². The second kappa shape index (κ2) is 72.3. The Morgan fingerprint density at radius 1 is 1.00 bits per heavy atom. The zero-order valence-corrected chi connectivity index (χ0v) is 11.7. The SMILES string of the molecule is C=O.[C-]1=CC=CC1.[CH3-].[CH3-].[CH3-].[CH3-].[Cl-].[Cl-].[Co+2]. The Kier molecular flexibility index (Phi) is 331. The van der Waals surface area contributed by atoms with Gasteiger partial charge in [0.15, 0.2) is 0 Å². The zero-order valence-electron chi connectivity index (χ0n) is 9.14. The molecule has 1 nitrogen and oxygen atoms in total. The van der Waals surface area contributed by atoms with Crippen molar-refractivity contribution in [2.45, 2.75) is 6.42 Å². The first kappa shape index (κ1) is 64.1. The molecule has 0 aromatic rings. The third-order valence-corrected chi connectivity index (χ3v) is 0.586. The third-order valence-electron chi connectivity index (χ3n) is 0.586. The van der Waals surface area contributed by atoms with Crippen molar-refractivity contribution in [1.82, 2.24) is 0 Å². The standard InChI is InChI=1S/C5H5.CH2O.4CH3.2ClH.Co/c1-2-4-5-3-1;1-2;;;;;;;/h1-3H,4H2;1H2;4*1H3;2*1H;/q-1;;4*-1;;;+2/p-2. The summed E-state index contributed by atoms with van der Waals surface area (Å²) in [6, 6.07) is 0. The van der Waals surface area contributed by atoms with Crippen molar-refractivity contribution < 1.29 is 46.4 Å². The first-order valence-electron chi connectivity index (χ1n) is 2.01. The van der Waals surface area contributed by atoms with Crippen LogP contribution in [0.15, 0.2) is 18.2 Å². The summed E-state index contributed by atoms with van der Waals surface area (Å²) in [4.78, 5) is 8.00. The van der Waals surface area contributed by atoms with E-state index in [1.54, 1.807) is 0 Å². The van der Waals surface area contributed by atoms with Gasteiger partial charge in [-0.15, -0.1) is 6.42 Å². The number of halogens is 2. The van der Waals surface area contributed by atoms with Crippen LogP contribution in [0.1, 0.15) is 6.42 Å². The maximum Gasteiger partial charge on any atom is 2.00 e. The Balaban J connectivity index is -0.00000000639. The maximum atomic E-state index is 8.00. The predicted molar refractivity (Wildman–Crippen MR) is 54.3 cm³/mol. The van der Waals surface area contributed by atoms with Crippen molar-refractivity contribution in [3.8, 4) is 0 Å². The van der Waals surface area contributed by atoms with Crippen LogP contribution in [-0.4, -0.2) is 6.79 Å². The van der Waals surface area contributed by atoms with Gasteiger partial charge in [0, 0.05) is 0 Å². The van der Waals surface area contributed by atoms with E-state index in [1.807, 2.05) is 18.9 Å². The largest absolute Gasteiger partial charge is 2.00 e. The van der Waals surface area contributed by atoms with Crippen molar-refractivity contribution in [3.05, 3.63) is 54.0 Å². The molecule has 0 saturated carbocycles. The van der Waals surface area contributed by atoms with Gasteiger partial charge in [-0.3, -0.25) is 6.08 Å². The molecule has 0 atom stereocenters. The van der Waals surface area contributed by atoms with Crippen molar-refractivity contribution in [2.75, 3.05) is 0 Å². The summed E-state index contributed by atoms with van der Waals surface area (Å²) in [5.74, 6) is 0. The number of carbonyl (C=O) groups excluding carboxylic acids is 1. The molecule has 0 unspecified atom stereocenters. The summed E-state index contributed by atoms with van der Waals surface area (Å²) < 4.78 is 0. The second-order valence-electron chi connectivity index (χ2n) is 1.00. The molecular formula is C10H19Cl2CoO-5. The normalized spacial score (nSPS) is 6.57. The second-order valence-corrected chi connectivity index (χ2v) is 1.00. The number of carbonyl (C=O) groups is 1. The van der Waals surface area contributed by atoms with Crippen LogP contribution in [0.25, 0.3) is 0 Å². The molecule has 0 saturated heterocycles. The first-order valence-corrected chi connectivity index (χ1v) is 2.01. The Bertz CT molecular complexity index is 86.1. The number of allylic oxidation sites excluding steroid dienone is 4. The van der Waals surface area contributed by atoms with E-state index in [1.165, 1.54) is 0 Å². The minimum atomic E-state index is 0. The molecule has 1 aliphatic rings. The molecule has 0 fully saturated rings. The first-order chi connectivity index (χ1) is 3.50. The maximum absolute atomic E-state index is 8.00. The van der Waals surface area contributed by atoms with Crippen molar-refractivity contribution >= 4 is 6.79 Å². The van der Waals surface area contributed by atoms with E-state index in [4.69, 9.17) is 4.79 Å². The van der Waals surface area contributed by atoms with Crippen LogP contribution in [0.3, 0.4) is 0 Å². The van der Waals surface area contributed by atoms with E-state index in [2.05, 4.69) is 12.2 Å². The van der Waals surface area contributed by atoms with Crippen molar-refractivity contribution in [1.29, 1.82) is 0 Å². The van der Waals surface area contributed by atoms with Crippen LogP contribution in [-0.2, 0) is 21.6 Å². The summed E-state index contributed by atoms with van der Waals surface area (Å²) in [6.45, 7) is 2.00. The smallest absolute Gasteiger partial charge is 1.00 e. The van der Waals surface area contributed by atoms with Crippen LogP contribution >= 0.6 is 0 Å². The average molecular weight is 285 g/mol. The molecule has 1 rings (SSSR count). The Morgan fingerprint density at radius 2 is 1.36 bits per heavy atom. The minimum absolute atomic E-state index is 0. The molecule has 0 aromatic heterocycles. The summed E-state index contributed by atoms with van der Waals surface area (Å²) in [5.41, 5.74) is 0. The van der Waals surface area contributed by atoms with E-state index < -0.39 is 0 Å². The van der Waals surface area contributed by atoms with Crippen molar-refractivity contribution in [3.63, 3.8) is 0 Å². The number of hydrogen-bond donors (Lipinski definition) is 0.